The van der Waals surface area contributed by atoms with Gasteiger partial charge in [-0.15, -0.1) is 0 Å². The molecular formula is C18H15N3O7S2. The van der Waals surface area contributed by atoms with E-state index in [1.54, 1.807) is 12.1 Å². The van der Waals surface area contributed by atoms with E-state index in [0.717, 1.165) is 41.8 Å². The van der Waals surface area contributed by atoms with Crippen molar-refractivity contribution in [2.75, 3.05) is 19.5 Å². The summed E-state index contributed by atoms with van der Waals surface area (Å²) in [5.74, 6) is 0.0397. The highest BCUT2D eigenvalue weighted by atomic mass is 32.2. The maximum absolute atomic E-state index is 12.7. The molecule has 0 aliphatic carbocycles. The summed E-state index contributed by atoms with van der Waals surface area (Å²) in [6.45, 7) is 0. The van der Waals surface area contributed by atoms with Crippen molar-refractivity contribution in [3.63, 3.8) is 0 Å². The summed E-state index contributed by atoms with van der Waals surface area (Å²) in [5, 5.41) is 13.3. The van der Waals surface area contributed by atoms with Crippen LogP contribution >= 0.6 is 11.3 Å². The zero-order valence-corrected chi connectivity index (χ0v) is 17.3. The van der Waals surface area contributed by atoms with Gasteiger partial charge >= 0.3 is 0 Å². The Morgan fingerprint density at radius 3 is 2.43 bits per heavy atom. The third kappa shape index (κ3) is 4.09. The van der Waals surface area contributed by atoms with Crippen LogP contribution in [0, 0.1) is 10.1 Å². The molecule has 1 N–H and O–H groups in total. The molecule has 156 valence electrons. The van der Waals surface area contributed by atoms with Gasteiger partial charge in [0.05, 0.1) is 35.8 Å². The highest BCUT2D eigenvalue weighted by Gasteiger charge is 2.23. The van der Waals surface area contributed by atoms with Crippen molar-refractivity contribution in [3.05, 3.63) is 64.3 Å². The van der Waals surface area contributed by atoms with Gasteiger partial charge in [0.1, 0.15) is 4.21 Å². The molecular weight excluding hydrogens is 434 g/mol. The van der Waals surface area contributed by atoms with Crippen molar-refractivity contribution in [1.82, 2.24) is 4.98 Å². The lowest BCUT2D eigenvalue weighted by Gasteiger charge is -2.11. The zero-order chi connectivity index (χ0) is 21.9. The summed E-state index contributed by atoms with van der Waals surface area (Å²) in [6, 6.07) is 9.27. The normalized spacial score (nSPS) is 11.0. The Morgan fingerprint density at radius 2 is 1.83 bits per heavy atom. The Balaban J connectivity index is 1.84. The number of carbonyl (C=O) groups is 1. The number of rotatable bonds is 7. The van der Waals surface area contributed by atoms with Crippen LogP contribution in [0.4, 0.5) is 10.8 Å². The predicted molar refractivity (Wildman–Crippen MR) is 108 cm³/mol. The van der Waals surface area contributed by atoms with Crippen LogP contribution in [0.15, 0.2) is 57.8 Å². The van der Waals surface area contributed by atoms with Crippen molar-refractivity contribution >= 4 is 37.9 Å². The van der Waals surface area contributed by atoms with Crippen LogP contribution in [-0.2, 0) is 9.84 Å². The van der Waals surface area contributed by atoms with Crippen molar-refractivity contribution in [2.24, 2.45) is 0 Å². The van der Waals surface area contributed by atoms with Crippen LogP contribution in [0.2, 0.25) is 0 Å². The van der Waals surface area contributed by atoms with Gasteiger partial charge in [-0.1, -0.05) is 17.4 Å². The molecule has 0 saturated heterocycles. The lowest BCUT2D eigenvalue weighted by atomic mass is 10.1. The highest BCUT2D eigenvalue weighted by molar-refractivity contribution is 7.93. The van der Waals surface area contributed by atoms with E-state index in [-0.39, 0.29) is 31.2 Å². The van der Waals surface area contributed by atoms with Crippen LogP contribution < -0.4 is 14.8 Å². The van der Waals surface area contributed by atoms with Crippen molar-refractivity contribution in [2.45, 2.75) is 9.10 Å². The fourth-order valence-electron chi connectivity index (χ4n) is 2.53. The topological polar surface area (TPSA) is 138 Å². The van der Waals surface area contributed by atoms with Gasteiger partial charge in [0, 0.05) is 12.1 Å². The van der Waals surface area contributed by atoms with Crippen LogP contribution in [0.1, 0.15) is 10.4 Å². The molecule has 0 aliphatic heterocycles. The van der Waals surface area contributed by atoms with Crippen LogP contribution in [0.5, 0.6) is 11.5 Å². The van der Waals surface area contributed by atoms with Crippen molar-refractivity contribution in [1.29, 1.82) is 0 Å². The van der Waals surface area contributed by atoms with Gasteiger partial charge in [0.2, 0.25) is 9.84 Å². The van der Waals surface area contributed by atoms with Gasteiger partial charge in [0.25, 0.3) is 11.6 Å². The van der Waals surface area contributed by atoms with E-state index in [4.69, 9.17) is 9.47 Å². The number of thiazole rings is 1. The number of hydrogen-bond donors (Lipinski definition) is 1. The fourth-order valence-corrected chi connectivity index (χ4v) is 4.96. The average Bonchev–Trinajstić information content (AvgIpc) is 3.22. The molecule has 3 aromatic rings. The first-order valence-electron chi connectivity index (χ1n) is 8.25. The summed E-state index contributed by atoms with van der Waals surface area (Å²) in [6.07, 6.45) is 1.11. The highest BCUT2D eigenvalue weighted by Crippen LogP contribution is 2.33. The molecule has 0 spiro atoms. The molecule has 10 nitrogen and oxygen atoms in total. The summed E-state index contributed by atoms with van der Waals surface area (Å²) in [7, 11) is -1.11. The molecule has 0 aliphatic rings. The lowest BCUT2D eigenvalue weighted by molar-refractivity contribution is -0.384. The Hall–Kier alpha value is -3.51. The minimum atomic E-state index is -3.95. The quantitative estimate of drug-likeness (QED) is 0.429. The molecule has 0 fully saturated rings. The molecule has 1 aromatic heterocycles. The molecule has 3 rings (SSSR count). The SMILES string of the molecule is COc1cccc(C(=O)Nc2ncc(S(=O)(=O)c3ccc([N+](=O)[O-])cc3)s2)c1OC. The lowest BCUT2D eigenvalue weighted by Crippen LogP contribution is -2.13. The number of nitrogens with zero attached hydrogens (tertiary/aromatic N) is 2. The maximum Gasteiger partial charge on any atom is 0.269 e. The summed E-state index contributed by atoms with van der Waals surface area (Å²) < 4.78 is 35.7. The van der Waals surface area contributed by atoms with E-state index < -0.39 is 20.7 Å². The first-order chi connectivity index (χ1) is 14.3. The number of anilines is 1. The number of nitrogens with one attached hydrogen (secondary N) is 1. The number of ether oxygens (including phenoxy) is 2. The van der Waals surface area contributed by atoms with E-state index >= 15 is 0 Å². The van der Waals surface area contributed by atoms with Gasteiger partial charge in [-0.2, -0.15) is 0 Å². The minimum Gasteiger partial charge on any atom is -0.493 e. The first kappa shape index (κ1) is 21.2. The second-order valence-electron chi connectivity index (χ2n) is 5.73. The number of non-ortho nitro benzene ring substituents is 1. The number of methoxy groups -OCH3 is 2. The monoisotopic (exact) mass is 449 g/mol. The molecule has 0 saturated carbocycles. The molecule has 1 amide bonds. The Morgan fingerprint density at radius 1 is 1.13 bits per heavy atom. The maximum atomic E-state index is 12.7. The Labute approximate surface area is 175 Å². The van der Waals surface area contributed by atoms with E-state index in [0.29, 0.717) is 5.75 Å². The van der Waals surface area contributed by atoms with Gasteiger partial charge in [0.15, 0.2) is 16.6 Å². The largest absolute Gasteiger partial charge is 0.493 e. The number of hydrogen-bond acceptors (Lipinski definition) is 9. The number of nitro benzene ring substituents is 1. The van der Waals surface area contributed by atoms with Crippen LogP contribution in [-0.4, -0.2) is 38.5 Å². The van der Waals surface area contributed by atoms with E-state index in [2.05, 4.69) is 10.3 Å². The van der Waals surface area contributed by atoms with E-state index in [1.807, 2.05) is 0 Å². The number of aromatic nitrogens is 1. The van der Waals surface area contributed by atoms with Gasteiger partial charge in [-0.05, 0) is 24.3 Å². The van der Waals surface area contributed by atoms with Crippen molar-refractivity contribution in [3.8, 4) is 11.5 Å². The third-order valence-corrected chi connectivity index (χ3v) is 7.12. The minimum absolute atomic E-state index is 0.0605. The first-order valence-corrected chi connectivity index (χ1v) is 10.6. The molecule has 12 heteroatoms. The third-order valence-electron chi connectivity index (χ3n) is 3.98. The molecule has 0 radical (unpaired) electrons. The van der Waals surface area contributed by atoms with E-state index in [9.17, 15) is 23.3 Å². The number of sulfone groups is 1. The predicted octanol–water partition coefficient (Wildman–Crippen LogP) is 3.15. The molecule has 1 heterocycles. The Bertz CT molecular complexity index is 1200. The second kappa shape index (κ2) is 8.47. The van der Waals surface area contributed by atoms with E-state index in [1.165, 1.54) is 20.3 Å². The smallest absolute Gasteiger partial charge is 0.269 e. The van der Waals surface area contributed by atoms with Crippen LogP contribution in [0.25, 0.3) is 0 Å². The number of carbonyl (C=O) groups excluding carboxylic acids is 1. The number of nitro groups is 1. The fraction of sp³-hybridized carbons (Fsp3) is 0.111. The zero-order valence-electron chi connectivity index (χ0n) is 15.7. The molecule has 0 bridgehead atoms. The molecule has 2 aromatic carbocycles. The average molecular weight is 449 g/mol. The number of amides is 1. The van der Waals surface area contributed by atoms with Gasteiger partial charge < -0.3 is 9.47 Å². The summed E-state index contributed by atoms with van der Waals surface area (Å²) in [4.78, 5) is 26.5. The number of para-hydroxylation sites is 1. The van der Waals surface area contributed by atoms with Gasteiger partial charge in [-0.3, -0.25) is 20.2 Å². The number of benzene rings is 2. The van der Waals surface area contributed by atoms with Crippen LogP contribution in [0.3, 0.4) is 0 Å². The Kier molecular flexibility index (Phi) is 5.99. The molecule has 0 unspecified atom stereocenters. The molecule has 0 atom stereocenters. The standard InChI is InChI=1S/C18H15N3O7S2/c1-27-14-5-3-4-13(16(14)28-2)17(22)20-18-19-10-15(29-18)30(25,26)12-8-6-11(7-9-12)21(23)24/h3-10H,1-2H3,(H,19,20,22). The summed E-state index contributed by atoms with van der Waals surface area (Å²) >= 11 is 0.755. The van der Waals surface area contributed by atoms with Crippen molar-refractivity contribution < 1.29 is 27.6 Å². The summed E-state index contributed by atoms with van der Waals surface area (Å²) in [5.41, 5.74) is -0.0368. The van der Waals surface area contributed by atoms with Gasteiger partial charge in [-0.25, -0.2) is 13.4 Å². The second-order valence-corrected chi connectivity index (χ2v) is 8.94. The molecule has 30 heavy (non-hydrogen) atoms.